The molecule has 1 fully saturated rings. The first-order chi connectivity index (χ1) is 8.03. The number of aryl methyl sites for hydroxylation is 1. The Morgan fingerprint density at radius 1 is 1.41 bits per heavy atom. The summed E-state index contributed by atoms with van der Waals surface area (Å²) >= 11 is 5.92. The summed E-state index contributed by atoms with van der Waals surface area (Å²) in [6, 6.07) is 5.24. The van der Waals surface area contributed by atoms with E-state index >= 15 is 0 Å². The van der Waals surface area contributed by atoms with E-state index in [0.29, 0.717) is 23.6 Å². The maximum Gasteiger partial charge on any atom is 0.348 e. The van der Waals surface area contributed by atoms with Gasteiger partial charge in [-0.3, -0.25) is 0 Å². The molecule has 1 aromatic rings. The van der Waals surface area contributed by atoms with Crippen molar-refractivity contribution in [2.24, 2.45) is 0 Å². The fourth-order valence-electron chi connectivity index (χ4n) is 2.21. The van der Waals surface area contributed by atoms with Crippen LogP contribution >= 0.6 is 11.6 Å². The van der Waals surface area contributed by atoms with Crippen LogP contribution in [0.4, 0.5) is 0 Å². The number of benzene rings is 1. The van der Waals surface area contributed by atoms with Crippen LogP contribution < -0.4 is 4.74 Å². The lowest BCUT2D eigenvalue weighted by molar-refractivity contribution is -0.154. The van der Waals surface area contributed by atoms with E-state index in [4.69, 9.17) is 16.3 Å². The summed E-state index contributed by atoms with van der Waals surface area (Å²) in [6.45, 7) is 1.87. The lowest BCUT2D eigenvalue weighted by atomic mass is 10.0. The first kappa shape index (κ1) is 12.2. The van der Waals surface area contributed by atoms with Crippen LogP contribution in [0.15, 0.2) is 18.2 Å². The average molecular weight is 255 g/mol. The fourth-order valence-corrected chi connectivity index (χ4v) is 2.33. The van der Waals surface area contributed by atoms with Crippen molar-refractivity contribution in [1.82, 2.24) is 0 Å². The van der Waals surface area contributed by atoms with E-state index in [1.54, 1.807) is 18.2 Å². The third-order valence-corrected chi connectivity index (χ3v) is 3.67. The van der Waals surface area contributed by atoms with Crippen LogP contribution in [0, 0.1) is 6.92 Å². The van der Waals surface area contributed by atoms with E-state index in [2.05, 4.69) is 0 Å². The predicted molar refractivity (Wildman–Crippen MR) is 65.7 cm³/mol. The molecule has 0 bridgehead atoms. The monoisotopic (exact) mass is 254 g/mol. The van der Waals surface area contributed by atoms with Crippen molar-refractivity contribution in [3.05, 3.63) is 28.8 Å². The van der Waals surface area contributed by atoms with Crippen LogP contribution in [0.3, 0.4) is 0 Å². The van der Waals surface area contributed by atoms with Crippen molar-refractivity contribution in [2.75, 3.05) is 0 Å². The summed E-state index contributed by atoms with van der Waals surface area (Å²) in [6.07, 6.45) is 2.95. The Morgan fingerprint density at radius 3 is 2.59 bits per heavy atom. The topological polar surface area (TPSA) is 46.5 Å². The van der Waals surface area contributed by atoms with Crippen molar-refractivity contribution in [1.29, 1.82) is 0 Å². The molecule has 1 aliphatic carbocycles. The molecule has 0 spiro atoms. The van der Waals surface area contributed by atoms with Gasteiger partial charge in [0.2, 0.25) is 5.60 Å². The van der Waals surface area contributed by atoms with Crippen LogP contribution in [0.5, 0.6) is 5.75 Å². The van der Waals surface area contributed by atoms with Crippen molar-refractivity contribution in [3.8, 4) is 5.75 Å². The van der Waals surface area contributed by atoms with Crippen LogP contribution in [-0.4, -0.2) is 16.7 Å². The lowest BCUT2D eigenvalue weighted by Gasteiger charge is -2.25. The van der Waals surface area contributed by atoms with E-state index in [-0.39, 0.29) is 0 Å². The number of aliphatic carboxylic acids is 1. The highest BCUT2D eigenvalue weighted by Crippen LogP contribution is 2.35. The van der Waals surface area contributed by atoms with E-state index in [1.807, 2.05) is 6.92 Å². The molecule has 0 radical (unpaired) electrons. The van der Waals surface area contributed by atoms with Crippen LogP contribution in [0.2, 0.25) is 5.02 Å². The first-order valence-corrected chi connectivity index (χ1v) is 6.10. The van der Waals surface area contributed by atoms with E-state index in [0.717, 1.165) is 18.4 Å². The van der Waals surface area contributed by atoms with Gasteiger partial charge in [-0.25, -0.2) is 4.79 Å². The van der Waals surface area contributed by atoms with Gasteiger partial charge in [0.1, 0.15) is 5.75 Å². The smallest absolute Gasteiger partial charge is 0.348 e. The standard InChI is InChI=1S/C13H15ClO3/c1-9-8-10(4-5-11(9)14)17-13(12(15)16)6-2-3-7-13/h4-5,8H,2-3,6-7H2,1H3,(H,15,16). The number of hydrogen-bond acceptors (Lipinski definition) is 2. The molecule has 1 aliphatic rings. The second-order valence-corrected chi connectivity index (χ2v) is 4.93. The summed E-state index contributed by atoms with van der Waals surface area (Å²) in [4.78, 5) is 11.3. The molecule has 0 saturated heterocycles. The molecule has 0 atom stereocenters. The minimum atomic E-state index is -1.04. The normalized spacial score (nSPS) is 18.0. The molecule has 1 aromatic carbocycles. The zero-order valence-electron chi connectivity index (χ0n) is 9.70. The SMILES string of the molecule is Cc1cc(OC2(C(=O)O)CCCC2)ccc1Cl. The zero-order valence-corrected chi connectivity index (χ0v) is 10.5. The van der Waals surface area contributed by atoms with E-state index < -0.39 is 11.6 Å². The molecule has 0 aromatic heterocycles. The molecule has 4 heteroatoms. The van der Waals surface area contributed by atoms with E-state index in [1.165, 1.54) is 0 Å². The summed E-state index contributed by atoms with van der Waals surface area (Å²) in [5.41, 5.74) is -0.150. The first-order valence-electron chi connectivity index (χ1n) is 5.72. The van der Waals surface area contributed by atoms with Gasteiger partial charge in [0.25, 0.3) is 0 Å². The zero-order chi connectivity index (χ0) is 12.5. The van der Waals surface area contributed by atoms with Gasteiger partial charge >= 0.3 is 5.97 Å². The van der Waals surface area contributed by atoms with E-state index in [9.17, 15) is 9.90 Å². The number of rotatable bonds is 3. The Balaban J connectivity index is 2.23. The van der Waals surface area contributed by atoms with Gasteiger partial charge in [0.05, 0.1) is 0 Å². The minimum absolute atomic E-state index is 0.573. The van der Waals surface area contributed by atoms with Gasteiger partial charge in [-0.05, 0) is 56.4 Å². The Labute approximate surface area is 105 Å². The highest BCUT2D eigenvalue weighted by molar-refractivity contribution is 6.31. The second-order valence-electron chi connectivity index (χ2n) is 4.52. The number of halogens is 1. The molecule has 0 amide bonds. The van der Waals surface area contributed by atoms with Gasteiger partial charge < -0.3 is 9.84 Å². The number of carboxylic acid groups (broad SMARTS) is 1. The van der Waals surface area contributed by atoms with Gasteiger partial charge in [0.15, 0.2) is 0 Å². The van der Waals surface area contributed by atoms with Gasteiger partial charge in [-0.15, -0.1) is 0 Å². The van der Waals surface area contributed by atoms with Gasteiger partial charge in [-0.2, -0.15) is 0 Å². The Kier molecular flexibility index (Phi) is 3.29. The number of ether oxygens (including phenoxy) is 1. The third kappa shape index (κ3) is 2.39. The number of carboxylic acids is 1. The average Bonchev–Trinajstić information content (AvgIpc) is 2.73. The van der Waals surface area contributed by atoms with Crippen LogP contribution in [0.25, 0.3) is 0 Å². The van der Waals surface area contributed by atoms with Gasteiger partial charge in [0, 0.05) is 5.02 Å². The second kappa shape index (κ2) is 4.57. The molecular formula is C13H15ClO3. The summed E-state index contributed by atoms with van der Waals surface area (Å²) in [5, 5.41) is 9.96. The fraction of sp³-hybridized carbons (Fsp3) is 0.462. The highest BCUT2D eigenvalue weighted by atomic mass is 35.5. The largest absolute Gasteiger partial charge is 0.478 e. The summed E-state index contributed by atoms with van der Waals surface area (Å²) < 4.78 is 5.70. The molecule has 1 N–H and O–H groups in total. The number of carbonyl (C=O) groups is 1. The quantitative estimate of drug-likeness (QED) is 0.899. The lowest BCUT2D eigenvalue weighted by Crippen LogP contribution is -2.41. The van der Waals surface area contributed by atoms with Crippen LogP contribution in [0.1, 0.15) is 31.2 Å². The minimum Gasteiger partial charge on any atom is -0.478 e. The van der Waals surface area contributed by atoms with Crippen molar-refractivity contribution in [2.45, 2.75) is 38.2 Å². The predicted octanol–water partition coefficient (Wildman–Crippen LogP) is 3.42. The van der Waals surface area contributed by atoms with Gasteiger partial charge in [-0.1, -0.05) is 11.6 Å². The summed E-state index contributed by atoms with van der Waals surface area (Å²) in [5.74, 6) is -0.293. The van der Waals surface area contributed by atoms with Crippen molar-refractivity contribution in [3.63, 3.8) is 0 Å². The third-order valence-electron chi connectivity index (χ3n) is 3.24. The summed E-state index contributed by atoms with van der Waals surface area (Å²) in [7, 11) is 0. The molecular weight excluding hydrogens is 240 g/mol. The maximum absolute atomic E-state index is 11.3. The Bertz CT molecular complexity index is 436. The Hall–Kier alpha value is -1.22. The van der Waals surface area contributed by atoms with Crippen LogP contribution in [-0.2, 0) is 4.79 Å². The molecule has 1 saturated carbocycles. The number of hydrogen-bond donors (Lipinski definition) is 1. The molecule has 17 heavy (non-hydrogen) atoms. The molecule has 0 aliphatic heterocycles. The molecule has 3 nitrogen and oxygen atoms in total. The molecule has 92 valence electrons. The Morgan fingerprint density at radius 2 is 2.06 bits per heavy atom. The molecule has 0 heterocycles. The molecule has 0 unspecified atom stereocenters. The molecule has 2 rings (SSSR count). The highest BCUT2D eigenvalue weighted by Gasteiger charge is 2.43. The van der Waals surface area contributed by atoms with Crippen molar-refractivity contribution < 1.29 is 14.6 Å². The maximum atomic E-state index is 11.3. The van der Waals surface area contributed by atoms with Crippen molar-refractivity contribution >= 4 is 17.6 Å².